The molecule has 0 spiro atoms. The van der Waals surface area contributed by atoms with Crippen molar-refractivity contribution < 1.29 is 14.5 Å². The van der Waals surface area contributed by atoms with E-state index in [-0.39, 0.29) is 28.9 Å². The predicted molar refractivity (Wildman–Crippen MR) is 76.8 cm³/mol. The van der Waals surface area contributed by atoms with Crippen LogP contribution in [0.3, 0.4) is 0 Å². The zero-order chi connectivity index (χ0) is 15.4. The van der Waals surface area contributed by atoms with Crippen molar-refractivity contribution in [2.45, 2.75) is 19.4 Å². The molecule has 1 aromatic carbocycles. The van der Waals surface area contributed by atoms with Crippen LogP contribution in [0, 0.1) is 10.1 Å². The van der Waals surface area contributed by atoms with E-state index in [2.05, 4.69) is 5.43 Å². The van der Waals surface area contributed by atoms with E-state index in [1.165, 1.54) is 18.2 Å². The molecule has 114 valence electrons. The third-order valence-electron chi connectivity index (χ3n) is 3.56. The predicted octanol–water partition coefficient (Wildman–Crippen LogP) is 1.13. The summed E-state index contributed by atoms with van der Waals surface area (Å²) in [6.07, 6.45) is 0.774. The summed E-state index contributed by atoms with van der Waals surface area (Å²) in [5, 5.41) is 11.0. The molecular weight excluding hydrogens is 276 g/mol. The van der Waals surface area contributed by atoms with Crippen molar-refractivity contribution in [2.75, 3.05) is 25.2 Å². The summed E-state index contributed by atoms with van der Waals surface area (Å²) < 4.78 is 5.36. The van der Waals surface area contributed by atoms with Gasteiger partial charge in [-0.25, -0.2) is 0 Å². The third kappa shape index (κ3) is 3.11. The molecule has 1 saturated heterocycles. The van der Waals surface area contributed by atoms with Crippen molar-refractivity contribution in [2.24, 2.45) is 5.84 Å². The van der Waals surface area contributed by atoms with Crippen LogP contribution >= 0.6 is 0 Å². The van der Waals surface area contributed by atoms with Crippen molar-refractivity contribution in [1.29, 1.82) is 0 Å². The van der Waals surface area contributed by atoms with Gasteiger partial charge in [-0.2, -0.15) is 0 Å². The number of anilines is 1. The van der Waals surface area contributed by atoms with Crippen molar-refractivity contribution >= 4 is 17.3 Å². The largest absolute Gasteiger partial charge is 0.377 e. The van der Waals surface area contributed by atoms with Gasteiger partial charge in [-0.05, 0) is 18.6 Å². The van der Waals surface area contributed by atoms with Gasteiger partial charge in [0.15, 0.2) is 0 Å². The SMILES string of the molecule is CCC1COCCN1C(=O)c1ccc(NN)c([N+](=O)[O-])c1. The second-order valence-corrected chi connectivity index (χ2v) is 4.77. The summed E-state index contributed by atoms with van der Waals surface area (Å²) in [4.78, 5) is 24.7. The van der Waals surface area contributed by atoms with Crippen LogP contribution in [0.2, 0.25) is 0 Å². The maximum atomic E-state index is 12.5. The standard InChI is InChI=1S/C13H18N4O4/c1-2-10-8-21-6-5-16(10)13(18)9-3-4-11(15-14)12(7-9)17(19)20/h3-4,7,10,15H,2,5-6,8,14H2,1H3. The molecule has 0 radical (unpaired) electrons. The maximum Gasteiger partial charge on any atom is 0.294 e. The molecule has 1 heterocycles. The molecule has 1 aromatic rings. The molecule has 0 bridgehead atoms. The Morgan fingerprint density at radius 3 is 3.00 bits per heavy atom. The number of nitro groups is 1. The van der Waals surface area contributed by atoms with E-state index in [9.17, 15) is 14.9 Å². The Hall–Kier alpha value is -2.19. The van der Waals surface area contributed by atoms with Crippen LogP contribution in [0.4, 0.5) is 11.4 Å². The smallest absolute Gasteiger partial charge is 0.294 e. The number of carbonyl (C=O) groups excluding carboxylic acids is 1. The second-order valence-electron chi connectivity index (χ2n) is 4.77. The van der Waals surface area contributed by atoms with Crippen LogP contribution in [0.15, 0.2) is 18.2 Å². The zero-order valence-electron chi connectivity index (χ0n) is 11.7. The highest BCUT2D eigenvalue weighted by Gasteiger charge is 2.28. The van der Waals surface area contributed by atoms with Crippen molar-refractivity contribution in [3.8, 4) is 0 Å². The Morgan fingerprint density at radius 2 is 2.38 bits per heavy atom. The molecule has 8 heteroatoms. The minimum Gasteiger partial charge on any atom is -0.377 e. The van der Waals surface area contributed by atoms with Crippen LogP contribution in [-0.2, 0) is 4.74 Å². The number of hydrogen-bond acceptors (Lipinski definition) is 6. The fourth-order valence-corrected chi connectivity index (χ4v) is 2.36. The lowest BCUT2D eigenvalue weighted by Crippen LogP contribution is -2.48. The van der Waals surface area contributed by atoms with Crippen LogP contribution in [0.25, 0.3) is 0 Å². The molecule has 2 rings (SSSR count). The molecule has 1 atom stereocenters. The quantitative estimate of drug-likeness (QED) is 0.489. The Morgan fingerprint density at radius 1 is 1.62 bits per heavy atom. The molecule has 8 nitrogen and oxygen atoms in total. The average Bonchev–Trinajstić information content (AvgIpc) is 2.53. The van der Waals surface area contributed by atoms with E-state index in [1.54, 1.807) is 4.90 Å². The van der Waals surface area contributed by atoms with Gasteiger partial charge in [0.25, 0.3) is 11.6 Å². The lowest BCUT2D eigenvalue weighted by molar-refractivity contribution is -0.384. The minimum absolute atomic E-state index is 0.00221. The van der Waals surface area contributed by atoms with E-state index < -0.39 is 4.92 Å². The van der Waals surface area contributed by atoms with Gasteiger partial charge >= 0.3 is 0 Å². The number of nitro benzene ring substituents is 1. The van der Waals surface area contributed by atoms with Gasteiger partial charge in [0.05, 0.1) is 24.2 Å². The van der Waals surface area contributed by atoms with Crippen molar-refractivity contribution in [3.63, 3.8) is 0 Å². The van der Waals surface area contributed by atoms with Crippen LogP contribution in [-0.4, -0.2) is 41.5 Å². The third-order valence-corrected chi connectivity index (χ3v) is 3.56. The molecule has 0 aromatic heterocycles. The Balaban J connectivity index is 2.30. The number of nitrogens with one attached hydrogen (secondary N) is 1. The Labute approximate surface area is 122 Å². The number of hydrogen-bond donors (Lipinski definition) is 2. The van der Waals surface area contributed by atoms with Crippen molar-refractivity contribution in [1.82, 2.24) is 4.90 Å². The number of ether oxygens (including phenoxy) is 1. The van der Waals surface area contributed by atoms with Crippen molar-refractivity contribution in [3.05, 3.63) is 33.9 Å². The minimum atomic E-state index is -0.567. The zero-order valence-corrected chi connectivity index (χ0v) is 11.7. The summed E-state index contributed by atoms with van der Waals surface area (Å²) in [7, 11) is 0. The van der Waals surface area contributed by atoms with Crippen LogP contribution in [0.5, 0.6) is 0 Å². The van der Waals surface area contributed by atoms with E-state index in [0.717, 1.165) is 6.42 Å². The first-order valence-electron chi connectivity index (χ1n) is 6.72. The first-order valence-corrected chi connectivity index (χ1v) is 6.72. The summed E-state index contributed by atoms with van der Waals surface area (Å²) in [6, 6.07) is 4.22. The number of morpholine rings is 1. The van der Waals surface area contributed by atoms with Gasteiger partial charge in [-0.3, -0.25) is 20.8 Å². The molecule has 1 aliphatic heterocycles. The summed E-state index contributed by atoms with van der Waals surface area (Å²) >= 11 is 0. The number of carbonyl (C=O) groups is 1. The molecule has 1 aliphatic rings. The van der Waals surface area contributed by atoms with Gasteiger partial charge in [-0.1, -0.05) is 6.92 Å². The number of rotatable bonds is 4. The van der Waals surface area contributed by atoms with Gasteiger partial charge in [0.2, 0.25) is 0 Å². The number of benzene rings is 1. The number of hydrazine groups is 1. The molecule has 0 saturated carbocycles. The molecule has 1 fully saturated rings. The molecule has 1 unspecified atom stereocenters. The molecule has 3 N–H and O–H groups in total. The Kier molecular flexibility index (Phi) is 4.71. The topological polar surface area (TPSA) is 111 Å². The number of nitrogen functional groups attached to an aromatic ring is 1. The van der Waals surface area contributed by atoms with Gasteiger partial charge < -0.3 is 15.1 Å². The van der Waals surface area contributed by atoms with E-state index in [1.807, 2.05) is 6.92 Å². The number of nitrogens with two attached hydrogens (primary N) is 1. The number of nitrogens with zero attached hydrogens (tertiary/aromatic N) is 2. The highest BCUT2D eigenvalue weighted by atomic mass is 16.6. The molecule has 21 heavy (non-hydrogen) atoms. The molecule has 0 aliphatic carbocycles. The maximum absolute atomic E-state index is 12.5. The first kappa shape index (κ1) is 15.2. The van der Waals surface area contributed by atoms with E-state index in [0.29, 0.717) is 19.8 Å². The average molecular weight is 294 g/mol. The highest BCUT2D eigenvalue weighted by molar-refractivity contribution is 5.96. The summed E-state index contributed by atoms with van der Waals surface area (Å²) in [6.45, 7) is 3.44. The van der Waals surface area contributed by atoms with Crippen LogP contribution in [0.1, 0.15) is 23.7 Å². The summed E-state index contributed by atoms with van der Waals surface area (Å²) in [5.41, 5.74) is 2.49. The molecule has 1 amide bonds. The monoisotopic (exact) mass is 294 g/mol. The second kappa shape index (κ2) is 6.51. The lowest BCUT2D eigenvalue weighted by Gasteiger charge is -2.35. The van der Waals surface area contributed by atoms with Crippen LogP contribution < -0.4 is 11.3 Å². The van der Waals surface area contributed by atoms with E-state index in [4.69, 9.17) is 10.6 Å². The van der Waals surface area contributed by atoms with E-state index >= 15 is 0 Å². The lowest BCUT2D eigenvalue weighted by atomic mass is 10.1. The van der Waals surface area contributed by atoms with Gasteiger partial charge in [0.1, 0.15) is 5.69 Å². The van der Waals surface area contributed by atoms with Gasteiger partial charge in [0, 0.05) is 18.2 Å². The van der Waals surface area contributed by atoms with Gasteiger partial charge in [-0.15, -0.1) is 0 Å². The fraction of sp³-hybridized carbons (Fsp3) is 0.462. The Bertz CT molecular complexity index is 549. The summed E-state index contributed by atoms with van der Waals surface area (Å²) in [5.74, 6) is 5.01. The highest BCUT2D eigenvalue weighted by Crippen LogP contribution is 2.26. The number of amides is 1. The fourth-order valence-electron chi connectivity index (χ4n) is 2.36. The first-order chi connectivity index (χ1) is 10.1. The molecular formula is C13H18N4O4. The normalized spacial score (nSPS) is 18.4.